The molecular weight excluding hydrogens is 108 g/mol. The molecule has 54 valence electrons. The Balaban J connectivity index is 3.44. The van der Waals surface area contributed by atoms with Gasteiger partial charge in [0, 0.05) is 0 Å². The third-order valence-corrected chi connectivity index (χ3v) is 2.15. The molecule has 0 aliphatic heterocycles. The molecule has 0 aromatic rings. The highest BCUT2D eigenvalue weighted by Crippen LogP contribution is 2.17. The van der Waals surface area contributed by atoms with Crippen molar-refractivity contribution < 1.29 is 0 Å². The Morgan fingerprint density at radius 2 is 1.89 bits per heavy atom. The summed E-state index contributed by atoms with van der Waals surface area (Å²) >= 11 is 0. The molecule has 0 saturated heterocycles. The molecular formula is C9H18. The van der Waals surface area contributed by atoms with Gasteiger partial charge < -0.3 is 0 Å². The highest BCUT2D eigenvalue weighted by Gasteiger charge is 2.06. The molecule has 0 radical (unpaired) electrons. The van der Waals surface area contributed by atoms with Gasteiger partial charge in [-0.2, -0.15) is 0 Å². The van der Waals surface area contributed by atoms with Crippen LogP contribution in [0.1, 0.15) is 33.6 Å². The second-order valence-corrected chi connectivity index (χ2v) is 2.89. The first-order valence-corrected chi connectivity index (χ1v) is 3.83. The van der Waals surface area contributed by atoms with Crippen molar-refractivity contribution in [1.82, 2.24) is 0 Å². The van der Waals surface area contributed by atoms with Gasteiger partial charge in [-0.1, -0.05) is 33.3 Å². The molecule has 0 bridgehead atoms. The van der Waals surface area contributed by atoms with Gasteiger partial charge in [0.05, 0.1) is 0 Å². The monoisotopic (exact) mass is 126 g/mol. The van der Waals surface area contributed by atoms with E-state index in [1.807, 2.05) is 6.08 Å². The van der Waals surface area contributed by atoms with Gasteiger partial charge >= 0.3 is 0 Å². The van der Waals surface area contributed by atoms with Crippen LogP contribution in [0, 0.1) is 11.8 Å². The van der Waals surface area contributed by atoms with Crippen molar-refractivity contribution in [2.24, 2.45) is 11.8 Å². The minimum atomic E-state index is 0.812. The van der Waals surface area contributed by atoms with Crippen LogP contribution >= 0.6 is 0 Å². The molecule has 0 aromatic heterocycles. The zero-order valence-electron chi connectivity index (χ0n) is 6.85. The summed E-state index contributed by atoms with van der Waals surface area (Å²) in [7, 11) is 0. The Bertz CT molecular complexity index is 74.1. The maximum absolute atomic E-state index is 3.72. The summed E-state index contributed by atoms with van der Waals surface area (Å²) in [5, 5.41) is 0. The summed E-state index contributed by atoms with van der Waals surface area (Å²) in [6.07, 6.45) is 4.46. The molecule has 9 heavy (non-hydrogen) atoms. The minimum Gasteiger partial charge on any atom is -0.103 e. The molecule has 0 rings (SSSR count). The molecule has 0 heterocycles. The van der Waals surface area contributed by atoms with E-state index in [1.165, 1.54) is 6.42 Å². The molecule has 0 heteroatoms. The molecule has 2 atom stereocenters. The van der Waals surface area contributed by atoms with Crippen molar-refractivity contribution in [2.75, 3.05) is 0 Å². The van der Waals surface area contributed by atoms with Crippen LogP contribution in [0.2, 0.25) is 0 Å². The maximum atomic E-state index is 3.72. The number of hydrogen-bond donors (Lipinski definition) is 0. The van der Waals surface area contributed by atoms with Gasteiger partial charge in [-0.15, -0.1) is 6.58 Å². The summed E-state index contributed by atoms with van der Waals surface area (Å²) < 4.78 is 0. The van der Waals surface area contributed by atoms with E-state index in [2.05, 4.69) is 27.4 Å². The van der Waals surface area contributed by atoms with Crippen LogP contribution in [-0.4, -0.2) is 0 Å². The first-order valence-electron chi connectivity index (χ1n) is 3.83. The van der Waals surface area contributed by atoms with Crippen molar-refractivity contribution in [1.29, 1.82) is 0 Å². The van der Waals surface area contributed by atoms with Crippen molar-refractivity contribution in [2.45, 2.75) is 33.6 Å². The summed E-state index contributed by atoms with van der Waals surface area (Å²) in [6.45, 7) is 10.5. The topological polar surface area (TPSA) is 0 Å². The fraction of sp³-hybridized carbons (Fsp3) is 0.778. The molecule has 0 aromatic carbocycles. The van der Waals surface area contributed by atoms with Crippen LogP contribution < -0.4 is 0 Å². The fourth-order valence-electron chi connectivity index (χ4n) is 0.898. The lowest BCUT2D eigenvalue weighted by Gasteiger charge is -2.15. The molecule has 0 spiro atoms. The van der Waals surface area contributed by atoms with E-state index in [-0.39, 0.29) is 0 Å². The minimum absolute atomic E-state index is 0.812. The van der Waals surface area contributed by atoms with E-state index in [1.54, 1.807) is 0 Å². The normalized spacial score (nSPS) is 16.8. The van der Waals surface area contributed by atoms with Crippen molar-refractivity contribution in [3.8, 4) is 0 Å². The van der Waals surface area contributed by atoms with E-state index in [9.17, 15) is 0 Å². The van der Waals surface area contributed by atoms with Crippen LogP contribution in [0.25, 0.3) is 0 Å². The summed E-state index contributed by atoms with van der Waals surface area (Å²) in [5.41, 5.74) is 0. The molecule has 0 fully saturated rings. The third-order valence-electron chi connectivity index (χ3n) is 2.15. The summed E-state index contributed by atoms with van der Waals surface area (Å²) in [6, 6.07) is 0. The van der Waals surface area contributed by atoms with Gasteiger partial charge in [-0.25, -0.2) is 0 Å². The Morgan fingerprint density at radius 1 is 1.33 bits per heavy atom. The lowest BCUT2D eigenvalue weighted by atomic mass is 9.91. The average Bonchev–Trinajstić information content (AvgIpc) is 1.87. The zero-order chi connectivity index (χ0) is 7.28. The van der Waals surface area contributed by atoms with Crippen LogP contribution in [0.5, 0.6) is 0 Å². The molecule has 0 amide bonds. The van der Waals surface area contributed by atoms with Gasteiger partial charge in [0.2, 0.25) is 0 Å². The second-order valence-electron chi connectivity index (χ2n) is 2.89. The van der Waals surface area contributed by atoms with E-state index >= 15 is 0 Å². The predicted octanol–water partition coefficient (Wildman–Crippen LogP) is 3.24. The van der Waals surface area contributed by atoms with Crippen molar-refractivity contribution >= 4 is 0 Å². The Kier molecular flexibility index (Phi) is 4.47. The van der Waals surface area contributed by atoms with E-state index < -0.39 is 0 Å². The van der Waals surface area contributed by atoms with Gasteiger partial charge in [-0.3, -0.25) is 0 Å². The summed E-state index contributed by atoms with van der Waals surface area (Å²) in [4.78, 5) is 0. The Labute approximate surface area is 59.0 Å². The summed E-state index contributed by atoms with van der Waals surface area (Å²) in [5.74, 6) is 1.66. The van der Waals surface area contributed by atoms with E-state index in [0.717, 1.165) is 18.3 Å². The second kappa shape index (κ2) is 4.60. The van der Waals surface area contributed by atoms with Gasteiger partial charge in [0.15, 0.2) is 0 Å². The quantitative estimate of drug-likeness (QED) is 0.507. The molecule has 0 saturated carbocycles. The molecule has 2 unspecified atom stereocenters. The van der Waals surface area contributed by atoms with Gasteiger partial charge in [0.1, 0.15) is 0 Å². The Hall–Kier alpha value is -0.260. The third kappa shape index (κ3) is 3.34. The van der Waals surface area contributed by atoms with Crippen molar-refractivity contribution in [3.63, 3.8) is 0 Å². The van der Waals surface area contributed by atoms with Crippen LogP contribution in [0.15, 0.2) is 12.7 Å². The highest BCUT2D eigenvalue weighted by atomic mass is 14.1. The number of hydrogen-bond acceptors (Lipinski definition) is 0. The van der Waals surface area contributed by atoms with Crippen molar-refractivity contribution in [3.05, 3.63) is 12.7 Å². The van der Waals surface area contributed by atoms with Gasteiger partial charge in [-0.05, 0) is 18.3 Å². The highest BCUT2D eigenvalue weighted by molar-refractivity contribution is 4.72. The molecule has 0 N–H and O–H groups in total. The van der Waals surface area contributed by atoms with Crippen LogP contribution in [0.4, 0.5) is 0 Å². The van der Waals surface area contributed by atoms with E-state index in [0.29, 0.717) is 0 Å². The van der Waals surface area contributed by atoms with Gasteiger partial charge in [0.25, 0.3) is 0 Å². The lowest BCUT2D eigenvalue weighted by molar-refractivity contribution is 0.381. The van der Waals surface area contributed by atoms with Crippen LogP contribution in [0.3, 0.4) is 0 Å². The first kappa shape index (κ1) is 8.74. The number of allylic oxidation sites excluding steroid dienone is 1. The lowest BCUT2D eigenvalue weighted by Crippen LogP contribution is -2.04. The predicted molar refractivity (Wildman–Crippen MR) is 43.4 cm³/mol. The number of rotatable bonds is 4. The maximum Gasteiger partial charge on any atom is -0.0325 e. The van der Waals surface area contributed by atoms with Crippen LogP contribution in [-0.2, 0) is 0 Å². The smallest absolute Gasteiger partial charge is 0.0325 e. The molecule has 0 aliphatic rings. The Morgan fingerprint density at radius 3 is 2.22 bits per heavy atom. The fourth-order valence-corrected chi connectivity index (χ4v) is 0.898. The molecule has 0 aliphatic carbocycles. The largest absolute Gasteiger partial charge is 0.103 e. The first-order chi connectivity index (χ1) is 4.22. The standard InChI is InChI=1S/C9H18/c1-5-7-9(4)8(3)6-2/h5,8-9H,1,6-7H2,2-4H3. The SMILES string of the molecule is C=CCC(C)C(C)CC. The molecule has 0 nitrogen and oxygen atoms in total. The average molecular weight is 126 g/mol. The zero-order valence-corrected chi connectivity index (χ0v) is 6.85. The van der Waals surface area contributed by atoms with E-state index in [4.69, 9.17) is 0 Å².